The number of rotatable bonds is 4. The molecule has 1 aromatic heterocycles. The quantitative estimate of drug-likeness (QED) is 0.188. The summed E-state index contributed by atoms with van der Waals surface area (Å²) in [6.45, 7) is 2.44. The molecule has 3 aromatic rings. The van der Waals surface area contributed by atoms with Gasteiger partial charge in [0.15, 0.2) is 11.9 Å². The van der Waals surface area contributed by atoms with E-state index in [4.69, 9.17) is 20.8 Å². The fourth-order valence-corrected chi connectivity index (χ4v) is 2.66. The molecule has 158 valence electrons. The number of halogens is 6. The Morgan fingerprint density at radius 3 is 2.20 bits per heavy atom. The summed E-state index contributed by atoms with van der Waals surface area (Å²) < 4.78 is 81.9. The van der Waals surface area contributed by atoms with Crippen LogP contribution in [-0.2, 0) is 4.79 Å². The molecule has 1 atom stereocenters. The first-order valence-electron chi connectivity index (χ1n) is 8.15. The Balaban J connectivity index is 1.88. The summed E-state index contributed by atoms with van der Waals surface area (Å²) in [5.74, 6) is -14.2. The second-order valence-corrected chi connectivity index (χ2v) is 6.47. The maximum absolute atomic E-state index is 13.7. The number of ether oxygens (including phenoxy) is 2. The highest BCUT2D eigenvalue weighted by Crippen LogP contribution is 2.31. The molecule has 0 N–H and O–H groups in total. The zero-order chi connectivity index (χ0) is 22.3. The maximum Gasteiger partial charge on any atom is 0.352 e. The Hall–Kier alpha value is -3.14. The summed E-state index contributed by atoms with van der Waals surface area (Å²) in [4.78, 5) is 24.2. The van der Waals surface area contributed by atoms with E-state index in [2.05, 4.69) is 4.74 Å². The highest BCUT2D eigenvalue weighted by Gasteiger charge is 2.30. The SMILES string of the molecule is Cc1c(OC(=O)C(C)Oc2c(F)c(F)c(F)c(F)c2F)ccc2c(=O)c(Cl)coc12. The topological polar surface area (TPSA) is 65.7 Å². The minimum Gasteiger partial charge on any atom is -0.473 e. The summed E-state index contributed by atoms with van der Waals surface area (Å²) >= 11 is 5.69. The van der Waals surface area contributed by atoms with Crippen LogP contribution in [0.1, 0.15) is 12.5 Å². The Bertz CT molecular complexity index is 1210. The molecule has 0 bridgehead atoms. The molecule has 0 aliphatic carbocycles. The summed E-state index contributed by atoms with van der Waals surface area (Å²) in [7, 11) is 0. The van der Waals surface area contributed by atoms with E-state index in [9.17, 15) is 31.5 Å². The van der Waals surface area contributed by atoms with Gasteiger partial charge in [0.05, 0.1) is 5.39 Å². The molecular formula is C19H10ClF5O5. The average molecular weight is 449 g/mol. The molecular weight excluding hydrogens is 439 g/mol. The third-order valence-electron chi connectivity index (χ3n) is 4.10. The smallest absolute Gasteiger partial charge is 0.352 e. The van der Waals surface area contributed by atoms with E-state index in [1.165, 1.54) is 19.1 Å². The molecule has 0 saturated carbocycles. The molecule has 5 nitrogen and oxygen atoms in total. The minimum atomic E-state index is -2.36. The van der Waals surface area contributed by atoms with Crippen molar-refractivity contribution in [2.24, 2.45) is 0 Å². The van der Waals surface area contributed by atoms with E-state index >= 15 is 0 Å². The van der Waals surface area contributed by atoms with Crippen molar-refractivity contribution in [3.63, 3.8) is 0 Å². The van der Waals surface area contributed by atoms with Crippen molar-refractivity contribution in [3.8, 4) is 11.5 Å². The van der Waals surface area contributed by atoms with Gasteiger partial charge in [-0.2, -0.15) is 8.78 Å². The summed E-state index contributed by atoms with van der Waals surface area (Å²) in [6.07, 6.45) is -0.759. The molecule has 0 aliphatic heterocycles. The van der Waals surface area contributed by atoms with Crippen molar-refractivity contribution >= 4 is 28.5 Å². The molecule has 0 amide bonds. The van der Waals surface area contributed by atoms with Crippen molar-refractivity contribution < 1.29 is 40.6 Å². The highest BCUT2D eigenvalue weighted by molar-refractivity contribution is 6.30. The number of benzene rings is 2. The third kappa shape index (κ3) is 3.58. The number of esters is 1. The van der Waals surface area contributed by atoms with Crippen molar-refractivity contribution in [1.82, 2.24) is 0 Å². The zero-order valence-corrected chi connectivity index (χ0v) is 15.9. The van der Waals surface area contributed by atoms with Gasteiger partial charge < -0.3 is 13.9 Å². The molecule has 0 aliphatic rings. The van der Waals surface area contributed by atoms with Gasteiger partial charge in [0.1, 0.15) is 22.6 Å². The monoisotopic (exact) mass is 448 g/mol. The second kappa shape index (κ2) is 7.94. The van der Waals surface area contributed by atoms with Crippen LogP contribution in [0.3, 0.4) is 0 Å². The van der Waals surface area contributed by atoms with Crippen LogP contribution >= 0.6 is 11.6 Å². The first kappa shape index (κ1) is 21.6. The maximum atomic E-state index is 13.7. The van der Waals surface area contributed by atoms with E-state index in [0.717, 1.165) is 13.2 Å². The van der Waals surface area contributed by atoms with Crippen LogP contribution < -0.4 is 14.9 Å². The highest BCUT2D eigenvalue weighted by atomic mass is 35.5. The second-order valence-electron chi connectivity index (χ2n) is 6.06. The number of hydrogen-bond donors (Lipinski definition) is 0. The van der Waals surface area contributed by atoms with Crippen molar-refractivity contribution in [2.75, 3.05) is 0 Å². The normalized spacial score (nSPS) is 12.1. The fraction of sp³-hybridized carbons (Fsp3) is 0.158. The summed E-state index contributed by atoms with van der Waals surface area (Å²) in [5.41, 5.74) is -0.219. The zero-order valence-electron chi connectivity index (χ0n) is 15.1. The Morgan fingerprint density at radius 2 is 1.60 bits per heavy atom. The predicted molar refractivity (Wildman–Crippen MR) is 94.2 cm³/mol. The number of carbonyl (C=O) groups is 1. The van der Waals surface area contributed by atoms with Crippen LogP contribution in [-0.4, -0.2) is 12.1 Å². The van der Waals surface area contributed by atoms with Gasteiger partial charge >= 0.3 is 5.97 Å². The Morgan fingerprint density at radius 1 is 1.03 bits per heavy atom. The molecule has 0 radical (unpaired) electrons. The van der Waals surface area contributed by atoms with E-state index in [-0.39, 0.29) is 27.3 Å². The largest absolute Gasteiger partial charge is 0.473 e. The van der Waals surface area contributed by atoms with E-state index < -0.39 is 52.3 Å². The summed E-state index contributed by atoms with van der Waals surface area (Å²) in [6, 6.07) is 2.52. The molecule has 3 rings (SSSR count). The van der Waals surface area contributed by atoms with Crippen LogP contribution in [0.15, 0.2) is 27.6 Å². The summed E-state index contributed by atoms with van der Waals surface area (Å²) in [5, 5.41) is -0.0398. The van der Waals surface area contributed by atoms with Gasteiger partial charge in [-0.25, -0.2) is 18.0 Å². The van der Waals surface area contributed by atoms with E-state index in [0.29, 0.717) is 0 Å². The lowest BCUT2D eigenvalue weighted by atomic mass is 10.1. The van der Waals surface area contributed by atoms with Gasteiger partial charge in [0.2, 0.25) is 34.5 Å². The molecule has 0 fully saturated rings. The van der Waals surface area contributed by atoms with Crippen LogP contribution in [0.25, 0.3) is 11.0 Å². The van der Waals surface area contributed by atoms with E-state index in [1.54, 1.807) is 0 Å². The average Bonchev–Trinajstić information content (AvgIpc) is 2.72. The Labute approximate surface area is 169 Å². The van der Waals surface area contributed by atoms with Gasteiger partial charge in [-0.15, -0.1) is 0 Å². The standard InChI is InChI=1S/C19H10ClF5O5/c1-6-10(4-3-8-16(26)9(20)5-28-17(6)8)30-19(27)7(2)29-18-14(24)12(22)11(21)13(23)15(18)25/h3-5,7H,1-2H3. The predicted octanol–water partition coefficient (Wildman–Crippen LogP) is 4.82. The molecule has 30 heavy (non-hydrogen) atoms. The lowest BCUT2D eigenvalue weighted by Crippen LogP contribution is -2.29. The number of carbonyl (C=O) groups excluding carboxylic acids is 1. The van der Waals surface area contributed by atoms with Gasteiger partial charge in [0, 0.05) is 5.56 Å². The van der Waals surface area contributed by atoms with Gasteiger partial charge in [-0.1, -0.05) is 11.6 Å². The van der Waals surface area contributed by atoms with Crippen LogP contribution in [0, 0.1) is 36.0 Å². The first-order valence-corrected chi connectivity index (χ1v) is 8.52. The van der Waals surface area contributed by atoms with E-state index in [1.807, 2.05) is 0 Å². The van der Waals surface area contributed by atoms with Gasteiger partial charge in [-0.3, -0.25) is 4.79 Å². The van der Waals surface area contributed by atoms with Gasteiger partial charge in [0.25, 0.3) is 0 Å². The molecule has 1 heterocycles. The van der Waals surface area contributed by atoms with Crippen LogP contribution in [0.2, 0.25) is 5.02 Å². The first-order chi connectivity index (χ1) is 14.0. The van der Waals surface area contributed by atoms with Gasteiger partial charge in [-0.05, 0) is 26.0 Å². The van der Waals surface area contributed by atoms with Crippen LogP contribution in [0.4, 0.5) is 22.0 Å². The molecule has 2 aromatic carbocycles. The van der Waals surface area contributed by atoms with Crippen molar-refractivity contribution in [3.05, 3.63) is 68.3 Å². The van der Waals surface area contributed by atoms with Crippen molar-refractivity contribution in [2.45, 2.75) is 20.0 Å². The van der Waals surface area contributed by atoms with Crippen LogP contribution in [0.5, 0.6) is 11.5 Å². The number of fused-ring (bicyclic) bond motifs is 1. The lowest BCUT2D eigenvalue weighted by molar-refractivity contribution is -0.141. The Kier molecular flexibility index (Phi) is 5.71. The fourth-order valence-electron chi connectivity index (χ4n) is 2.51. The molecule has 0 saturated heterocycles. The lowest BCUT2D eigenvalue weighted by Gasteiger charge is -2.16. The minimum absolute atomic E-state index is 0.0723. The number of hydrogen-bond acceptors (Lipinski definition) is 5. The molecule has 0 spiro atoms. The third-order valence-corrected chi connectivity index (χ3v) is 4.37. The molecule has 11 heteroatoms. The van der Waals surface area contributed by atoms with Crippen molar-refractivity contribution in [1.29, 1.82) is 0 Å². The molecule has 1 unspecified atom stereocenters. The number of aryl methyl sites for hydroxylation is 1.